The Balaban J connectivity index is 1.49. The second-order valence-electron chi connectivity index (χ2n) is 5.66. The number of rotatable bonds is 3. The van der Waals surface area contributed by atoms with Crippen LogP contribution in [0.4, 0.5) is 5.69 Å². The lowest BCUT2D eigenvalue weighted by Crippen LogP contribution is -2.19. The molecule has 6 heteroatoms. The fourth-order valence-electron chi connectivity index (χ4n) is 2.84. The smallest absolute Gasteiger partial charge is 0.291 e. The third kappa shape index (κ3) is 2.85. The molecule has 0 aliphatic carbocycles. The minimum atomic E-state index is -0.271. The molecule has 1 aromatic carbocycles. The van der Waals surface area contributed by atoms with Crippen molar-refractivity contribution in [3.8, 4) is 0 Å². The van der Waals surface area contributed by atoms with Gasteiger partial charge < -0.3 is 14.5 Å². The monoisotopic (exact) mass is 311 g/mol. The van der Waals surface area contributed by atoms with Crippen LogP contribution in [-0.2, 0) is 4.74 Å². The van der Waals surface area contributed by atoms with E-state index in [1.165, 1.54) is 0 Å². The van der Waals surface area contributed by atoms with Crippen molar-refractivity contribution in [2.24, 2.45) is 0 Å². The van der Waals surface area contributed by atoms with Gasteiger partial charge in [0.15, 0.2) is 5.76 Å². The number of fused-ring (bicyclic) bond motifs is 1. The minimum Gasteiger partial charge on any atom is -0.451 e. The van der Waals surface area contributed by atoms with E-state index in [1.54, 1.807) is 12.3 Å². The molecule has 0 spiro atoms. The third-order valence-corrected chi connectivity index (χ3v) is 4.07. The summed E-state index contributed by atoms with van der Waals surface area (Å²) in [4.78, 5) is 12.3. The number of para-hydroxylation sites is 1. The lowest BCUT2D eigenvalue weighted by atomic mass is 10.1. The fraction of sp³-hybridized carbons (Fsp3) is 0.294. The van der Waals surface area contributed by atoms with Crippen LogP contribution >= 0.6 is 0 Å². The highest BCUT2D eigenvalue weighted by Gasteiger charge is 2.18. The normalized spacial score (nSPS) is 15.8. The highest BCUT2D eigenvalue weighted by molar-refractivity contribution is 6.04. The van der Waals surface area contributed by atoms with Crippen molar-refractivity contribution in [3.05, 3.63) is 48.5 Å². The topological polar surface area (TPSA) is 69.3 Å². The van der Waals surface area contributed by atoms with E-state index in [2.05, 4.69) is 10.4 Å². The molecule has 6 nitrogen and oxygen atoms in total. The van der Waals surface area contributed by atoms with Crippen LogP contribution in [0.2, 0.25) is 0 Å². The quantitative estimate of drug-likeness (QED) is 0.806. The first-order valence-electron chi connectivity index (χ1n) is 7.71. The molecule has 0 radical (unpaired) electrons. The van der Waals surface area contributed by atoms with Crippen molar-refractivity contribution in [1.82, 2.24) is 9.78 Å². The Morgan fingerprint density at radius 2 is 2.09 bits per heavy atom. The van der Waals surface area contributed by atoms with Crippen molar-refractivity contribution in [2.75, 3.05) is 18.5 Å². The number of aromatic nitrogens is 2. The van der Waals surface area contributed by atoms with Gasteiger partial charge >= 0.3 is 0 Å². The maximum Gasteiger partial charge on any atom is 0.291 e. The van der Waals surface area contributed by atoms with E-state index in [-0.39, 0.29) is 5.91 Å². The number of amides is 1. The molecule has 1 aliphatic heterocycles. The van der Waals surface area contributed by atoms with Crippen LogP contribution in [0.25, 0.3) is 11.0 Å². The Morgan fingerprint density at radius 3 is 2.91 bits per heavy atom. The third-order valence-electron chi connectivity index (χ3n) is 4.07. The number of hydrogen-bond donors (Lipinski definition) is 1. The lowest BCUT2D eigenvalue weighted by molar-refractivity contribution is 0.0662. The van der Waals surface area contributed by atoms with Crippen molar-refractivity contribution in [2.45, 2.75) is 18.9 Å². The van der Waals surface area contributed by atoms with E-state index >= 15 is 0 Å². The van der Waals surface area contributed by atoms with Gasteiger partial charge in [0.25, 0.3) is 5.91 Å². The van der Waals surface area contributed by atoms with E-state index < -0.39 is 0 Å². The van der Waals surface area contributed by atoms with Crippen molar-refractivity contribution in [1.29, 1.82) is 0 Å². The summed E-state index contributed by atoms with van der Waals surface area (Å²) >= 11 is 0. The molecule has 1 aliphatic rings. The summed E-state index contributed by atoms with van der Waals surface area (Å²) in [6.07, 6.45) is 5.41. The zero-order valence-corrected chi connectivity index (χ0v) is 12.6. The number of nitrogens with zero attached hydrogens (tertiary/aromatic N) is 2. The first-order chi connectivity index (χ1) is 11.3. The minimum absolute atomic E-state index is 0.271. The van der Waals surface area contributed by atoms with Crippen LogP contribution in [0.3, 0.4) is 0 Å². The average Bonchev–Trinajstić information content (AvgIpc) is 3.22. The summed E-state index contributed by atoms with van der Waals surface area (Å²) in [7, 11) is 0. The molecule has 0 saturated carbocycles. The molecule has 1 fully saturated rings. The number of nitrogens with one attached hydrogen (secondary N) is 1. The van der Waals surface area contributed by atoms with Gasteiger partial charge in [-0.25, -0.2) is 0 Å². The molecule has 23 heavy (non-hydrogen) atoms. The molecule has 1 amide bonds. The van der Waals surface area contributed by atoms with Crippen molar-refractivity contribution in [3.63, 3.8) is 0 Å². The second-order valence-corrected chi connectivity index (χ2v) is 5.66. The zero-order valence-electron chi connectivity index (χ0n) is 12.6. The Hall–Kier alpha value is -2.60. The van der Waals surface area contributed by atoms with Gasteiger partial charge in [-0.2, -0.15) is 5.10 Å². The average molecular weight is 311 g/mol. The molecular formula is C17H17N3O3. The molecule has 0 atom stereocenters. The number of carbonyl (C=O) groups excluding carboxylic acids is 1. The predicted molar refractivity (Wildman–Crippen MR) is 85.5 cm³/mol. The van der Waals surface area contributed by atoms with Gasteiger partial charge in [0, 0.05) is 24.8 Å². The molecule has 0 unspecified atom stereocenters. The molecule has 2 aromatic heterocycles. The van der Waals surface area contributed by atoms with Gasteiger partial charge in [-0.1, -0.05) is 18.2 Å². The molecule has 1 N–H and O–H groups in total. The van der Waals surface area contributed by atoms with E-state index in [1.807, 2.05) is 35.1 Å². The maximum atomic E-state index is 12.3. The van der Waals surface area contributed by atoms with Gasteiger partial charge in [-0.05, 0) is 25.0 Å². The first-order valence-corrected chi connectivity index (χ1v) is 7.71. The summed E-state index contributed by atoms with van der Waals surface area (Å²) in [5.74, 6) is 0.0257. The van der Waals surface area contributed by atoms with Gasteiger partial charge in [-0.3, -0.25) is 9.48 Å². The van der Waals surface area contributed by atoms with E-state index in [4.69, 9.17) is 9.15 Å². The van der Waals surface area contributed by atoms with Gasteiger partial charge in [-0.15, -0.1) is 0 Å². The van der Waals surface area contributed by atoms with Gasteiger partial charge in [0.1, 0.15) is 5.58 Å². The maximum absolute atomic E-state index is 12.3. The largest absolute Gasteiger partial charge is 0.451 e. The second kappa shape index (κ2) is 5.89. The standard InChI is InChI=1S/C17H17N3O3/c21-17(16-9-12-3-1-2-4-15(12)23-16)19-13-10-18-20(11-13)14-5-7-22-8-6-14/h1-4,9-11,14H,5-8H2,(H,19,21). The molecular weight excluding hydrogens is 294 g/mol. The Kier molecular flexibility index (Phi) is 3.59. The Morgan fingerprint density at radius 1 is 1.26 bits per heavy atom. The first kappa shape index (κ1) is 14.0. The molecule has 4 rings (SSSR count). The molecule has 3 aromatic rings. The lowest BCUT2D eigenvalue weighted by Gasteiger charge is -2.22. The van der Waals surface area contributed by atoms with E-state index in [0.29, 0.717) is 23.1 Å². The molecule has 118 valence electrons. The summed E-state index contributed by atoms with van der Waals surface area (Å²) in [6.45, 7) is 1.51. The van der Waals surface area contributed by atoms with Crippen LogP contribution < -0.4 is 5.32 Å². The number of benzene rings is 1. The Labute approximate surface area is 133 Å². The molecule has 0 bridgehead atoms. The predicted octanol–water partition coefficient (Wildman–Crippen LogP) is 3.23. The van der Waals surface area contributed by atoms with Crippen molar-refractivity contribution >= 4 is 22.6 Å². The SMILES string of the molecule is O=C(Nc1cnn(C2CCOCC2)c1)c1cc2ccccc2o1. The van der Waals surface area contributed by atoms with Gasteiger partial charge in [0.2, 0.25) is 0 Å². The summed E-state index contributed by atoms with van der Waals surface area (Å²) in [5.41, 5.74) is 1.37. The molecule has 1 saturated heterocycles. The van der Waals surface area contributed by atoms with Crippen LogP contribution in [0.15, 0.2) is 47.1 Å². The number of hydrogen-bond acceptors (Lipinski definition) is 4. The summed E-state index contributed by atoms with van der Waals surface area (Å²) in [5, 5.41) is 8.09. The van der Waals surface area contributed by atoms with Crippen LogP contribution in [0.5, 0.6) is 0 Å². The van der Waals surface area contributed by atoms with E-state index in [9.17, 15) is 4.79 Å². The number of carbonyl (C=O) groups is 1. The number of ether oxygens (including phenoxy) is 1. The fourth-order valence-corrected chi connectivity index (χ4v) is 2.84. The van der Waals surface area contributed by atoms with Crippen LogP contribution in [0, 0.1) is 0 Å². The number of anilines is 1. The van der Waals surface area contributed by atoms with Crippen molar-refractivity contribution < 1.29 is 13.9 Å². The Bertz CT molecular complexity index is 797. The summed E-state index contributed by atoms with van der Waals surface area (Å²) < 4.78 is 12.8. The van der Waals surface area contributed by atoms with Crippen LogP contribution in [0.1, 0.15) is 29.4 Å². The van der Waals surface area contributed by atoms with E-state index in [0.717, 1.165) is 31.4 Å². The zero-order chi connectivity index (χ0) is 15.6. The van der Waals surface area contributed by atoms with Gasteiger partial charge in [0.05, 0.1) is 17.9 Å². The summed E-state index contributed by atoms with van der Waals surface area (Å²) in [6, 6.07) is 9.63. The number of furan rings is 1. The highest BCUT2D eigenvalue weighted by Crippen LogP contribution is 2.23. The highest BCUT2D eigenvalue weighted by atomic mass is 16.5. The molecule has 3 heterocycles. The van der Waals surface area contributed by atoms with Crippen LogP contribution in [-0.4, -0.2) is 28.9 Å².